The van der Waals surface area contributed by atoms with Crippen molar-refractivity contribution in [2.45, 2.75) is 25.4 Å². The molecule has 0 atom stereocenters. The first kappa shape index (κ1) is 19.4. The second-order valence-corrected chi connectivity index (χ2v) is 7.64. The highest BCUT2D eigenvalue weighted by Crippen LogP contribution is 2.15. The summed E-state index contributed by atoms with van der Waals surface area (Å²) in [5.74, 6) is 0.634. The van der Waals surface area contributed by atoms with Gasteiger partial charge in [0.15, 0.2) is 0 Å². The molecule has 0 unspecified atom stereocenters. The molecule has 2 amide bonds. The number of hydrogen-bond acceptors (Lipinski definition) is 5. The monoisotopic (exact) mass is 387 g/mol. The number of methoxy groups -OCH3 is 1. The Balaban J connectivity index is 1.39. The number of hydrogen-bond donors (Lipinski definition) is 2. The topological polar surface area (TPSA) is 70.7 Å². The summed E-state index contributed by atoms with van der Waals surface area (Å²) in [6.45, 7) is 2.59. The van der Waals surface area contributed by atoms with Crippen molar-refractivity contribution >= 4 is 23.2 Å². The van der Waals surface area contributed by atoms with E-state index in [1.165, 1.54) is 0 Å². The van der Waals surface area contributed by atoms with Crippen molar-refractivity contribution < 1.29 is 14.3 Å². The quantitative estimate of drug-likeness (QED) is 0.765. The molecule has 2 heterocycles. The van der Waals surface area contributed by atoms with E-state index in [1.54, 1.807) is 30.6 Å². The van der Waals surface area contributed by atoms with E-state index in [2.05, 4.69) is 15.5 Å². The Morgan fingerprint density at radius 3 is 2.74 bits per heavy atom. The number of piperidine rings is 1. The van der Waals surface area contributed by atoms with Crippen LogP contribution in [0.4, 0.5) is 0 Å². The van der Waals surface area contributed by atoms with Crippen molar-refractivity contribution in [3.63, 3.8) is 0 Å². The van der Waals surface area contributed by atoms with Crippen LogP contribution in [0.2, 0.25) is 0 Å². The van der Waals surface area contributed by atoms with Crippen molar-refractivity contribution in [2.24, 2.45) is 0 Å². The molecule has 2 N–H and O–H groups in total. The van der Waals surface area contributed by atoms with Gasteiger partial charge in [0.1, 0.15) is 5.75 Å². The second-order valence-electron chi connectivity index (χ2n) is 6.61. The van der Waals surface area contributed by atoms with Crippen molar-refractivity contribution in [1.29, 1.82) is 0 Å². The van der Waals surface area contributed by atoms with Gasteiger partial charge in [0.25, 0.3) is 5.91 Å². The number of rotatable bonds is 7. The number of ether oxygens (including phenoxy) is 1. The minimum Gasteiger partial charge on any atom is -0.497 e. The molecule has 2 aromatic rings. The number of benzene rings is 1. The smallest absolute Gasteiger partial charge is 0.251 e. The Bertz CT molecular complexity index is 756. The third-order valence-corrected chi connectivity index (χ3v) is 5.54. The third kappa shape index (κ3) is 5.80. The number of carbonyl (C=O) groups excluding carboxylic acids is 2. The highest BCUT2D eigenvalue weighted by atomic mass is 32.1. The summed E-state index contributed by atoms with van der Waals surface area (Å²) in [5.41, 5.74) is 0.602. The van der Waals surface area contributed by atoms with E-state index in [4.69, 9.17) is 4.74 Å². The second kappa shape index (κ2) is 9.53. The molecule has 0 aliphatic carbocycles. The Morgan fingerprint density at radius 2 is 2.04 bits per heavy atom. The van der Waals surface area contributed by atoms with Gasteiger partial charge in [-0.25, -0.2) is 0 Å². The van der Waals surface area contributed by atoms with E-state index in [0.29, 0.717) is 24.4 Å². The normalized spacial score (nSPS) is 15.3. The fourth-order valence-electron chi connectivity index (χ4n) is 3.13. The van der Waals surface area contributed by atoms with Crippen LogP contribution in [0.25, 0.3) is 0 Å². The zero-order chi connectivity index (χ0) is 19.1. The first-order valence-electron chi connectivity index (χ1n) is 9.10. The molecule has 0 radical (unpaired) electrons. The molecule has 1 aliphatic heterocycles. The summed E-state index contributed by atoms with van der Waals surface area (Å²) in [4.78, 5) is 27.8. The number of amides is 2. The van der Waals surface area contributed by atoms with Gasteiger partial charge in [-0.15, -0.1) is 11.3 Å². The zero-order valence-electron chi connectivity index (χ0n) is 15.4. The van der Waals surface area contributed by atoms with Crippen molar-refractivity contribution in [3.8, 4) is 5.75 Å². The van der Waals surface area contributed by atoms with Crippen LogP contribution in [0.5, 0.6) is 5.75 Å². The average molecular weight is 388 g/mol. The fourth-order valence-corrected chi connectivity index (χ4v) is 3.77. The van der Waals surface area contributed by atoms with E-state index in [-0.39, 0.29) is 17.9 Å². The lowest BCUT2D eigenvalue weighted by atomic mass is 10.0. The van der Waals surface area contributed by atoms with Gasteiger partial charge >= 0.3 is 0 Å². The van der Waals surface area contributed by atoms with Crippen LogP contribution in [0.15, 0.2) is 41.8 Å². The van der Waals surface area contributed by atoms with E-state index < -0.39 is 0 Å². The Hall–Kier alpha value is -2.38. The number of likely N-dealkylation sites (tertiary alicyclic amines) is 1. The molecule has 0 spiro atoms. The predicted molar refractivity (Wildman–Crippen MR) is 106 cm³/mol. The van der Waals surface area contributed by atoms with Crippen LogP contribution in [0, 0.1) is 0 Å². The van der Waals surface area contributed by atoms with Gasteiger partial charge in [0.2, 0.25) is 5.91 Å². The zero-order valence-corrected chi connectivity index (χ0v) is 16.3. The summed E-state index contributed by atoms with van der Waals surface area (Å²) in [6, 6.07) is 11.3. The summed E-state index contributed by atoms with van der Waals surface area (Å²) in [7, 11) is 1.59. The molecule has 6 nitrogen and oxygen atoms in total. The van der Waals surface area contributed by atoms with Crippen LogP contribution in [-0.4, -0.2) is 49.5 Å². The summed E-state index contributed by atoms with van der Waals surface area (Å²) in [6.07, 6.45) is 1.68. The maximum atomic E-state index is 12.4. The lowest BCUT2D eigenvalue weighted by Gasteiger charge is -2.31. The molecule has 3 rings (SSSR count). The average Bonchev–Trinajstić information content (AvgIpc) is 3.21. The van der Waals surface area contributed by atoms with Crippen molar-refractivity contribution in [2.75, 3.05) is 26.7 Å². The molecule has 1 aromatic carbocycles. The third-order valence-electron chi connectivity index (χ3n) is 4.66. The Labute approximate surface area is 163 Å². The van der Waals surface area contributed by atoms with Crippen LogP contribution in [0.3, 0.4) is 0 Å². The molecule has 1 saturated heterocycles. The highest BCUT2D eigenvalue weighted by Gasteiger charge is 2.22. The van der Waals surface area contributed by atoms with Crippen LogP contribution in [0.1, 0.15) is 28.1 Å². The minimum atomic E-state index is -0.0824. The summed E-state index contributed by atoms with van der Waals surface area (Å²) < 4.78 is 5.17. The molecule has 144 valence electrons. The van der Waals surface area contributed by atoms with Gasteiger partial charge in [-0.1, -0.05) is 12.1 Å². The highest BCUT2D eigenvalue weighted by molar-refractivity contribution is 7.09. The van der Waals surface area contributed by atoms with E-state index in [1.807, 2.05) is 29.6 Å². The van der Waals surface area contributed by atoms with Gasteiger partial charge in [-0.05, 0) is 42.5 Å². The molecule has 1 fully saturated rings. The lowest BCUT2D eigenvalue weighted by Crippen LogP contribution is -2.47. The van der Waals surface area contributed by atoms with E-state index in [0.717, 1.165) is 30.8 Å². The number of nitrogens with zero attached hydrogens (tertiary/aromatic N) is 1. The van der Waals surface area contributed by atoms with Gasteiger partial charge < -0.3 is 15.4 Å². The number of nitrogens with one attached hydrogen (secondary N) is 2. The number of carbonyl (C=O) groups is 2. The largest absolute Gasteiger partial charge is 0.497 e. The molecule has 0 bridgehead atoms. The molecule has 0 saturated carbocycles. The first-order valence-corrected chi connectivity index (χ1v) is 9.98. The maximum absolute atomic E-state index is 12.4. The van der Waals surface area contributed by atoms with Gasteiger partial charge in [0, 0.05) is 29.6 Å². The fraction of sp³-hybridized carbons (Fsp3) is 0.400. The Morgan fingerprint density at radius 1 is 1.22 bits per heavy atom. The molecule has 1 aromatic heterocycles. The molecule has 27 heavy (non-hydrogen) atoms. The van der Waals surface area contributed by atoms with E-state index >= 15 is 0 Å². The first-order chi connectivity index (χ1) is 13.1. The SMILES string of the molecule is COc1cccc(C(=O)NC2CCN(CC(=O)NCc3cccs3)CC2)c1. The molecule has 1 aliphatic rings. The molecule has 7 heteroatoms. The lowest BCUT2D eigenvalue weighted by molar-refractivity contribution is -0.122. The van der Waals surface area contributed by atoms with Gasteiger partial charge in [0.05, 0.1) is 20.2 Å². The van der Waals surface area contributed by atoms with Crippen LogP contribution >= 0.6 is 11.3 Å². The summed E-state index contributed by atoms with van der Waals surface area (Å²) >= 11 is 1.64. The maximum Gasteiger partial charge on any atom is 0.251 e. The summed E-state index contributed by atoms with van der Waals surface area (Å²) in [5, 5.41) is 8.05. The standard InChI is InChI=1S/C20H25N3O3S/c1-26-17-5-2-4-15(12-17)20(25)22-16-7-9-23(10-8-16)14-19(24)21-13-18-6-3-11-27-18/h2-6,11-12,16H,7-10,13-14H2,1H3,(H,21,24)(H,22,25). The molecular formula is C20H25N3O3S. The van der Waals surface area contributed by atoms with Crippen LogP contribution < -0.4 is 15.4 Å². The molecular weight excluding hydrogens is 362 g/mol. The van der Waals surface area contributed by atoms with Crippen LogP contribution in [-0.2, 0) is 11.3 Å². The van der Waals surface area contributed by atoms with Crippen molar-refractivity contribution in [3.05, 3.63) is 52.2 Å². The number of thiophene rings is 1. The van der Waals surface area contributed by atoms with Gasteiger partial charge in [-0.2, -0.15) is 0 Å². The van der Waals surface area contributed by atoms with Gasteiger partial charge in [-0.3, -0.25) is 14.5 Å². The Kier molecular flexibility index (Phi) is 6.84. The predicted octanol–water partition coefficient (Wildman–Crippen LogP) is 2.27. The van der Waals surface area contributed by atoms with E-state index in [9.17, 15) is 9.59 Å². The minimum absolute atomic E-state index is 0.0438. The van der Waals surface area contributed by atoms with Crippen molar-refractivity contribution in [1.82, 2.24) is 15.5 Å².